The number of hydrogen-bond acceptors (Lipinski definition) is 6. The van der Waals surface area contributed by atoms with Crippen LogP contribution in [0, 0.1) is 0 Å². The summed E-state index contributed by atoms with van der Waals surface area (Å²) in [6.45, 7) is 3.20. The maximum Gasteiger partial charge on any atom is 0.307 e. The van der Waals surface area contributed by atoms with Crippen molar-refractivity contribution in [1.82, 2.24) is 20.2 Å². The van der Waals surface area contributed by atoms with E-state index in [1.54, 1.807) is 4.68 Å². The molecule has 0 aliphatic carbocycles. The molecule has 20 heavy (non-hydrogen) atoms. The van der Waals surface area contributed by atoms with Gasteiger partial charge >= 0.3 is 5.97 Å². The maximum absolute atomic E-state index is 11.2. The molecule has 0 spiro atoms. The van der Waals surface area contributed by atoms with E-state index < -0.39 is 0 Å². The molecule has 0 aliphatic rings. The van der Waals surface area contributed by atoms with E-state index in [4.69, 9.17) is 0 Å². The SMILES string of the molecule is CCN(CCC(=O)OC)c1nnnn1-c1ccccc1. The topological polar surface area (TPSA) is 73.1 Å². The van der Waals surface area contributed by atoms with Crippen LogP contribution in [0.5, 0.6) is 0 Å². The van der Waals surface area contributed by atoms with Gasteiger partial charge in [-0.05, 0) is 29.5 Å². The van der Waals surface area contributed by atoms with Crippen LogP contribution >= 0.6 is 0 Å². The van der Waals surface area contributed by atoms with E-state index in [-0.39, 0.29) is 5.97 Å². The van der Waals surface area contributed by atoms with E-state index in [1.165, 1.54) is 7.11 Å². The van der Waals surface area contributed by atoms with Gasteiger partial charge in [0.25, 0.3) is 0 Å². The third kappa shape index (κ3) is 3.11. The lowest BCUT2D eigenvalue weighted by Crippen LogP contribution is -2.29. The van der Waals surface area contributed by atoms with Crippen LogP contribution in [0.25, 0.3) is 5.69 Å². The molecule has 0 bridgehead atoms. The minimum absolute atomic E-state index is 0.248. The minimum atomic E-state index is -0.248. The highest BCUT2D eigenvalue weighted by Gasteiger charge is 2.16. The van der Waals surface area contributed by atoms with Gasteiger partial charge in [0, 0.05) is 13.1 Å². The number of tetrazole rings is 1. The second-order valence-electron chi connectivity index (χ2n) is 4.13. The van der Waals surface area contributed by atoms with Crippen molar-refractivity contribution in [3.8, 4) is 5.69 Å². The molecule has 0 radical (unpaired) electrons. The summed E-state index contributed by atoms with van der Waals surface area (Å²) in [6.07, 6.45) is 0.298. The molecule has 0 saturated carbocycles. The van der Waals surface area contributed by atoms with Crippen molar-refractivity contribution >= 4 is 11.9 Å². The van der Waals surface area contributed by atoms with E-state index in [0.717, 1.165) is 5.69 Å². The summed E-state index contributed by atoms with van der Waals surface area (Å²) in [5.74, 6) is 0.366. The summed E-state index contributed by atoms with van der Waals surface area (Å²) in [4.78, 5) is 13.2. The highest BCUT2D eigenvalue weighted by molar-refractivity contribution is 5.69. The van der Waals surface area contributed by atoms with Gasteiger partial charge in [-0.1, -0.05) is 23.3 Å². The Labute approximate surface area is 117 Å². The molecule has 2 aromatic rings. The van der Waals surface area contributed by atoms with Crippen molar-refractivity contribution in [3.05, 3.63) is 30.3 Å². The zero-order valence-electron chi connectivity index (χ0n) is 11.6. The van der Waals surface area contributed by atoms with Crippen molar-refractivity contribution in [2.45, 2.75) is 13.3 Å². The number of esters is 1. The highest BCUT2D eigenvalue weighted by atomic mass is 16.5. The van der Waals surface area contributed by atoms with Gasteiger partial charge in [0.1, 0.15) is 0 Å². The Morgan fingerprint density at radius 1 is 1.35 bits per heavy atom. The Kier molecular flexibility index (Phi) is 4.65. The summed E-state index contributed by atoms with van der Waals surface area (Å²) in [5, 5.41) is 11.8. The number of anilines is 1. The average Bonchev–Trinajstić information content (AvgIpc) is 2.98. The van der Waals surface area contributed by atoms with E-state index in [2.05, 4.69) is 20.3 Å². The summed E-state index contributed by atoms with van der Waals surface area (Å²) in [5.41, 5.74) is 0.879. The molecular formula is C13H17N5O2. The van der Waals surface area contributed by atoms with Gasteiger partial charge in [0.05, 0.1) is 19.2 Å². The van der Waals surface area contributed by atoms with Gasteiger partial charge in [-0.25, -0.2) is 0 Å². The molecule has 0 fully saturated rings. The quantitative estimate of drug-likeness (QED) is 0.734. The minimum Gasteiger partial charge on any atom is -0.469 e. The normalized spacial score (nSPS) is 10.3. The van der Waals surface area contributed by atoms with Crippen molar-refractivity contribution in [1.29, 1.82) is 0 Å². The predicted octanol–water partition coefficient (Wildman–Crippen LogP) is 1.05. The maximum atomic E-state index is 11.2. The summed E-state index contributed by atoms with van der Waals surface area (Å²) in [6, 6.07) is 9.63. The Morgan fingerprint density at radius 3 is 2.75 bits per heavy atom. The third-order valence-electron chi connectivity index (χ3n) is 2.93. The van der Waals surface area contributed by atoms with Gasteiger partial charge in [0.15, 0.2) is 0 Å². The number of ether oxygens (including phenoxy) is 1. The molecule has 1 heterocycles. The molecule has 7 nitrogen and oxygen atoms in total. The summed E-state index contributed by atoms with van der Waals surface area (Å²) in [7, 11) is 1.38. The predicted molar refractivity (Wildman–Crippen MR) is 73.7 cm³/mol. The van der Waals surface area contributed by atoms with Gasteiger partial charge in [-0.3, -0.25) is 4.79 Å². The average molecular weight is 275 g/mol. The lowest BCUT2D eigenvalue weighted by atomic mass is 10.3. The van der Waals surface area contributed by atoms with Crippen LogP contribution in [0.15, 0.2) is 30.3 Å². The Balaban J connectivity index is 2.19. The van der Waals surface area contributed by atoms with E-state index in [9.17, 15) is 4.79 Å². The molecule has 0 aliphatic heterocycles. The lowest BCUT2D eigenvalue weighted by molar-refractivity contribution is -0.140. The molecule has 1 aromatic carbocycles. The number of aromatic nitrogens is 4. The summed E-state index contributed by atoms with van der Waals surface area (Å²) >= 11 is 0. The van der Waals surface area contributed by atoms with Crippen LogP contribution in [-0.4, -0.2) is 46.4 Å². The first-order valence-electron chi connectivity index (χ1n) is 6.41. The fourth-order valence-corrected chi connectivity index (χ4v) is 1.84. The van der Waals surface area contributed by atoms with Gasteiger partial charge in [-0.15, -0.1) is 0 Å². The summed E-state index contributed by atoms with van der Waals surface area (Å²) < 4.78 is 6.31. The Bertz CT molecular complexity index is 555. The Morgan fingerprint density at radius 2 is 2.10 bits per heavy atom. The molecule has 0 atom stereocenters. The van der Waals surface area contributed by atoms with Crippen LogP contribution in [0.1, 0.15) is 13.3 Å². The van der Waals surface area contributed by atoms with E-state index in [0.29, 0.717) is 25.5 Å². The second kappa shape index (κ2) is 6.65. The Hall–Kier alpha value is -2.44. The molecule has 2 rings (SSSR count). The van der Waals surface area contributed by atoms with E-state index >= 15 is 0 Å². The van der Waals surface area contributed by atoms with Crippen molar-refractivity contribution in [2.75, 3.05) is 25.1 Å². The molecule has 0 saturated heterocycles. The van der Waals surface area contributed by atoms with Crippen LogP contribution in [0.3, 0.4) is 0 Å². The largest absolute Gasteiger partial charge is 0.469 e. The molecular weight excluding hydrogens is 258 g/mol. The fourth-order valence-electron chi connectivity index (χ4n) is 1.84. The fraction of sp³-hybridized carbons (Fsp3) is 0.385. The number of benzene rings is 1. The van der Waals surface area contributed by atoms with Crippen LogP contribution < -0.4 is 4.90 Å². The molecule has 1 aromatic heterocycles. The number of carbonyl (C=O) groups is 1. The van der Waals surface area contributed by atoms with Crippen molar-refractivity contribution in [2.24, 2.45) is 0 Å². The number of nitrogens with zero attached hydrogens (tertiary/aromatic N) is 5. The molecule has 0 amide bonds. The molecule has 106 valence electrons. The zero-order valence-corrected chi connectivity index (χ0v) is 11.6. The van der Waals surface area contributed by atoms with Crippen molar-refractivity contribution < 1.29 is 9.53 Å². The van der Waals surface area contributed by atoms with Crippen LogP contribution in [0.2, 0.25) is 0 Å². The standard InChI is InChI=1S/C13H17N5O2/c1-3-17(10-9-12(19)20-2)13-14-15-16-18(13)11-7-5-4-6-8-11/h4-8H,3,9-10H2,1-2H3. The van der Waals surface area contributed by atoms with Gasteiger partial charge < -0.3 is 9.64 Å². The number of para-hydroxylation sites is 1. The second-order valence-corrected chi connectivity index (χ2v) is 4.13. The van der Waals surface area contributed by atoms with E-state index in [1.807, 2.05) is 42.2 Å². The van der Waals surface area contributed by atoms with Crippen LogP contribution in [-0.2, 0) is 9.53 Å². The third-order valence-corrected chi connectivity index (χ3v) is 2.93. The highest BCUT2D eigenvalue weighted by Crippen LogP contribution is 2.15. The first-order valence-corrected chi connectivity index (χ1v) is 6.41. The van der Waals surface area contributed by atoms with Gasteiger partial charge in [0.2, 0.25) is 5.95 Å². The first-order chi connectivity index (χ1) is 9.76. The monoisotopic (exact) mass is 275 g/mol. The van der Waals surface area contributed by atoms with Crippen LogP contribution in [0.4, 0.5) is 5.95 Å². The number of hydrogen-bond donors (Lipinski definition) is 0. The zero-order chi connectivity index (χ0) is 14.4. The van der Waals surface area contributed by atoms with Crippen molar-refractivity contribution in [3.63, 3.8) is 0 Å². The number of carbonyl (C=O) groups excluding carboxylic acids is 1. The molecule has 0 N–H and O–H groups in total. The lowest BCUT2D eigenvalue weighted by Gasteiger charge is -2.20. The first kappa shape index (κ1) is 14.0. The molecule has 0 unspecified atom stereocenters. The number of rotatable bonds is 6. The number of methoxy groups -OCH3 is 1. The molecule has 7 heteroatoms. The smallest absolute Gasteiger partial charge is 0.307 e. The van der Waals surface area contributed by atoms with Gasteiger partial charge in [-0.2, -0.15) is 4.68 Å².